The number of carbonyl (C=O) groups is 2. The second kappa shape index (κ2) is 10.3. The van der Waals surface area contributed by atoms with E-state index in [1.54, 1.807) is 44.4 Å². The van der Waals surface area contributed by atoms with Crippen LogP contribution < -0.4 is 20.5 Å². The zero-order chi connectivity index (χ0) is 30.8. The number of nitrogens with one attached hydrogen (secondary N) is 1. The first-order chi connectivity index (χ1) is 21.1. The van der Waals surface area contributed by atoms with Crippen LogP contribution in [-0.2, 0) is 15.8 Å². The van der Waals surface area contributed by atoms with E-state index in [0.717, 1.165) is 37.5 Å². The van der Waals surface area contributed by atoms with Gasteiger partial charge in [-0.05, 0) is 81.0 Å². The monoisotopic (exact) mass is 599 g/mol. The molecule has 2 amide bonds. The van der Waals surface area contributed by atoms with Crippen molar-refractivity contribution >= 4 is 22.7 Å². The molecule has 0 spiro atoms. The van der Waals surface area contributed by atoms with Crippen LogP contribution in [0.5, 0.6) is 11.5 Å². The number of methoxy groups -OCH3 is 1. The van der Waals surface area contributed by atoms with Crippen molar-refractivity contribution in [2.24, 2.45) is 11.7 Å². The van der Waals surface area contributed by atoms with Gasteiger partial charge in [0.25, 0.3) is 5.91 Å². The summed E-state index contributed by atoms with van der Waals surface area (Å²) in [5.41, 5.74) is 5.90. The van der Waals surface area contributed by atoms with Gasteiger partial charge < -0.3 is 25.6 Å². The standard InChI is InChI=1S/C33H34FN5O5/c1-32(31(35)41)17-44-29-24(32)14-26(37-28(29)18-6-8-22(34)9-7-18)33(42,21-4-3-5-21)16-36-30(40)19-12-20-15-39(23-10-11-23)38-27(20)25(13-19)43-2/h6-9,12-15,21,23,42H,3-5,10-11,16-17H2,1-2H3,(H2,35,41)(H,36,40)/t32-,33?/m0/s1. The minimum Gasteiger partial charge on any atom is -0.494 e. The van der Waals surface area contributed by atoms with E-state index >= 15 is 0 Å². The number of halogens is 1. The van der Waals surface area contributed by atoms with Crippen molar-refractivity contribution in [3.63, 3.8) is 0 Å². The number of nitrogens with zero attached hydrogens (tertiary/aromatic N) is 3. The molecular formula is C33H34FN5O5. The summed E-state index contributed by atoms with van der Waals surface area (Å²) in [6.07, 6.45) is 6.49. The van der Waals surface area contributed by atoms with E-state index in [0.29, 0.717) is 45.4 Å². The fraction of sp³-hybridized carbons (Fsp3) is 0.394. The summed E-state index contributed by atoms with van der Waals surface area (Å²) < 4.78 is 27.3. The third kappa shape index (κ3) is 4.57. The largest absolute Gasteiger partial charge is 0.494 e. The average molecular weight is 600 g/mol. The lowest BCUT2D eigenvalue weighted by atomic mass is 9.70. The van der Waals surface area contributed by atoms with Crippen molar-refractivity contribution in [3.05, 3.63) is 71.3 Å². The lowest BCUT2D eigenvalue weighted by molar-refractivity contribution is -0.123. The predicted octanol–water partition coefficient (Wildman–Crippen LogP) is 4.13. The molecule has 3 aliphatic rings. The van der Waals surface area contributed by atoms with Gasteiger partial charge in [-0.25, -0.2) is 9.37 Å². The molecule has 2 aromatic heterocycles. The molecule has 1 unspecified atom stereocenters. The van der Waals surface area contributed by atoms with Crippen LogP contribution in [0.1, 0.15) is 66.7 Å². The number of nitrogens with two attached hydrogens (primary N) is 1. The smallest absolute Gasteiger partial charge is 0.251 e. The van der Waals surface area contributed by atoms with Crippen LogP contribution >= 0.6 is 0 Å². The molecular weight excluding hydrogens is 565 g/mol. The highest BCUT2D eigenvalue weighted by Gasteiger charge is 2.48. The topological polar surface area (TPSA) is 142 Å². The SMILES string of the molecule is COc1cc(C(=O)NCC(O)(c2cc3c(c(-c4ccc(F)cc4)n2)OC[C@]3(C)C(N)=O)C2CCC2)cc2cn(C3CC3)nc12. The number of carbonyl (C=O) groups excluding carboxylic acids is 2. The van der Waals surface area contributed by atoms with Crippen molar-refractivity contribution in [1.82, 2.24) is 20.1 Å². The number of primary amides is 1. The normalized spacial score (nSPS) is 20.8. The van der Waals surface area contributed by atoms with Gasteiger partial charge in [-0.15, -0.1) is 0 Å². The number of ether oxygens (including phenoxy) is 2. The Morgan fingerprint density at radius 1 is 1.20 bits per heavy atom. The van der Waals surface area contributed by atoms with Gasteiger partial charge in [-0.3, -0.25) is 14.3 Å². The number of hydrogen-bond donors (Lipinski definition) is 3. The van der Waals surface area contributed by atoms with Gasteiger partial charge in [0.1, 0.15) is 46.1 Å². The van der Waals surface area contributed by atoms with Crippen LogP contribution in [0.15, 0.2) is 48.7 Å². The Bertz CT molecular complexity index is 1800. The summed E-state index contributed by atoms with van der Waals surface area (Å²) in [5.74, 6) is -0.691. The predicted molar refractivity (Wildman–Crippen MR) is 160 cm³/mol. The van der Waals surface area contributed by atoms with E-state index < -0.39 is 22.7 Å². The lowest BCUT2D eigenvalue weighted by Crippen LogP contribution is -2.49. The Morgan fingerprint density at radius 3 is 2.59 bits per heavy atom. The molecule has 0 radical (unpaired) electrons. The van der Waals surface area contributed by atoms with E-state index in [-0.39, 0.29) is 30.7 Å². The molecule has 2 aromatic carbocycles. The minimum absolute atomic E-state index is 0.0111. The fourth-order valence-electron chi connectivity index (χ4n) is 6.19. The van der Waals surface area contributed by atoms with Crippen molar-refractivity contribution in [2.45, 2.75) is 56.1 Å². The van der Waals surface area contributed by atoms with Crippen molar-refractivity contribution < 1.29 is 28.6 Å². The van der Waals surface area contributed by atoms with Crippen LogP contribution in [0.25, 0.3) is 22.2 Å². The van der Waals surface area contributed by atoms with Gasteiger partial charge in [-0.2, -0.15) is 5.10 Å². The number of rotatable bonds is 9. The Labute approximate surface area is 253 Å². The van der Waals surface area contributed by atoms with Gasteiger partial charge in [0.2, 0.25) is 5.91 Å². The van der Waals surface area contributed by atoms with Crippen LogP contribution in [0.2, 0.25) is 0 Å². The maximum Gasteiger partial charge on any atom is 0.251 e. The first-order valence-electron chi connectivity index (χ1n) is 14.9. The summed E-state index contributed by atoms with van der Waals surface area (Å²) in [4.78, 5) is 31.1. The lowest BCUT2D eigenvalue weighted by Gasteiger charge is -2.41. The Hall–Kier alpha value is -4.51. The molecule has 4 N–H and O–H groups in total. The van der Waals surface area contributed by atoms with Crippen LogP contribution in [0.3, 0.4) is 0 Å². The average Bonchev–Trinajstić information content (AvgIpc) is 3.65. The van der Waals surface area contributed by atoms with Crippen molar-refractivity contribution in [1.29, 1.82) is 0 Å². The third-order valence-electron chi connectivity index (χ3n) is 9.47. The first kappa shape index (κ1) is 28.3. The van der Waals surface area contributed by atoms with Crippen LogP contribution in [0, 0.1) is 11.7 Å². The number of aromatic nitrogens is 3. The van der Waals surface area contributed by atoms with E-state index in [9.17, 15) is 19.1 Å². The molecule has 2 atom stereocenters. The van der Waals surface area contributed by atoms with Crippen molar-refractivity contribution in [3.8, 4) is 22.8 Å². The molecule has 10 nitrogen and oxygen atoms in total. The van der Waals surface area contributed by atoms with Gasteiger partial charge >= 0.3 is 0 Å². The molecule has 2 fully saturated rings. The zero-order valence-electron chi connectivity index (χ0n) is 24.6. The highest BCUT2D eigenvalue weighted by Crippen LogP contribution is 2.48. The van der Waals surface area contributed by atoms with Gasteiger partial charge in [-0.1, -0.05) is 6.42 Å². The summed E-state index contributed by atoms with van der Waals surface area (Å²) in [6, 6.07) is 11.3. The number of amides is 2. The summed E-state index contributed by atoms with van der Waals surface area (Å²) in [7, 11) is 1.55. The first-order valence-corrected chi connectivity index (χ1v) is 14.9. The highest BCUT2D eigenvalue weighted by molar-refractivity contribution is 6.00. The molecule has 2 saturated carbocycles. The number of pyridine rings is 1. The third-order valence-corrected chi connectivity index (χ3v) is 9.47. The second-order valence-corrected chi connectivity index (χ2v) is 12.4. The maximum atomic E-state index is 13.8. The highest BCUT2D eigenvalue weighted by atomic mass is 19.1. The number of aliphatic hydroxyl groups is 1. The zero-order valence-corrected chi connectivity index (χ0v) is 24.6. The number of fused-ring (bicyclic) bond motifs is 2. The van der Waals surface area contributed by atoms with Gasteiger partial charge in [0, 0.05) is 28.3 Å². The molecule has 1 aliphatic heterocycles. The summed E-state index contributed by atoms with van der Waals surface area (Å²) >= 11 is 0. The number of benzene rings is 2. The van der Waals surface area contributed by atoms with E-state index in [1.165, 1.54) is 12.1 Å². The molecule has 4 aromatic rings. The van der Waals surface area contributed by atoms with E-state index in [4.69, 9.17) is 20.2 Å². The quantitative estimate of drug-likeness (QED) is 0.263. The van der Waals surface area contributed by atoms with Gasteiger partial charge in [0.15, 0.2) is 0 Å². The van der Waals surface area contributed by atoms with Crippen molar-refractivity contribution in [2.75, 3.05) is 20.3 Å². The second-order valence-electron chi connectivity index (χ2n) is 12.4. The molecule has 2 aliphatic carbocycles. The van der Waals surface area contributed by atoms with Gasteiger partial charge in [0.05, 0.1) is 25.4 Å². The molecule has 228 valence electrons. The van der Waals surface area contributed by atoms with Crippen LogP contribution in [0.4, 0.5) is 4.39 Å². The summed E-state index contributed by atoms with van der Waals surface area (Å²) in [6.45, 7) is 1.58. The van der Waals surface area contributed by atoms with E-state index in [2.05, 4.69) is 10.4 Å². The fourth-order valence-corrected chi connectivity index (χ4v) is 6.19. The molecule has 0 saturated heterocycles. The van der Waals surface area contributed by atoms with E-state index in [1.807, 2.05) is 10.9 Å². The summed E-state index contributed by atoms with van der Waals surface area (Å²) in [5, 5.41) is 20.8. The Kier molecular flexibility index (Phi) is 6.61. The molecule has 7 rings (SSSR count). The molecule has 3 heterocycles. The molecule has 11 heteroatoms. The Balaban J connectivity index is 1.26. The molecule has 0 bridgehead atoms. The molecule has 44 heavy (non-hydrogen) atoms. The maximum absolute atomic E-state index is 13.8. The Morgan fingerprint density at radius 2 is 1.95 bits per heavy atom. The minimum atomic E-state index is -1.57. The number of hydrogen-bond acceptors (Lipinski definition) is 7. The van der Waals surface area contributed by atoms with Crippen LogP contribution in [-0.4, -0.2) is 51.9 Å².